The number of nitrogens with one attached hydrogen (secondary N) is 1. The molecule has 3 heterocycles. The van der Waals surface area contributed by atoms with E-state index in [4.69, 9.17) is 16.3 Å². The predicted molar refractivity (Wildman–Crippen MR) is 159 cm³/mol. The Morgan fingerprint density at radius 3 is 2.49 bits per heavy atom. The maximum Gasteiger partial charge on any atom is 0.257 e. The molecule has 0 radical (unpaired) electrons. The molecule has 2 aliphatic heterocycles. The summed E-state index contributed by atoms with van der Waals surface area (Å²) in [5.41, 5.74) is -5.71. The molecule has 9 nitrogen and oxygen atoms in total. The standard InChI is InChI=1S/C33H32ClF2N5O4/c1-2-32(44,31(36)9-11-38-12-10-31)22-13-26-29(27(35)14-22)33(21-3-5-23(34)6-4-21,45-25-8-7-24(42)15-25)41(30(26)43)19-28-39-17-20(16-37)18-40-28/h3-6,13-14,17-18,25,38,44H,2,7-12,15,19H2,1H3/t25-,32-,33+/m0/s1. The largest absolute Gasteiger partial charge is 0.382 e. The van der Waals surface area contributed by atoms with Crippen LogP contribution in [0.25, 0.3) is 0 Å². The third-order valence-corrected chi connectivity index (χ3v) is 9.57. The highest BCUT2D eigenvalue weighted by Crippen LogP contribution is 2.52. The summed E-state index contributed by atoms with van der Waals surface area (Å²) in [6.45, 7) is 2.06. The van der Waals surface area contributed by atoms with Gasteiger partial charge in [0.2, 0.25) is 5.72 Å². The van der Waals surface area contributed by atoms with Gasteiger partial charge in [0.05, 0.1) is 29.3 Å². The first-order valence-electron chi connectivity index (χ1n) is 15.0. The van der Waals surface area contributed by atoms with Crippen molar-refractivity contribution in [3.05, 3.63) is 93.3 Å². The number of Topliss-reactive ketones (excluding diaryl/α,β-unsaturated/α-hetero) is 1. The van der Waals surface area contributed by atoms with Crippen molar-refractivity contribution in [1.82, 2.24) is 20.2 Å². The molecule has 1 amide bonds. The molecule has 234 valence electrons. The lowest BCUT2D eigenvalue weighted by molar-refractivity contribution is -0.149. The molecule has 0 spiro atoms. The number of aliphatic hydroxyl groups is 1. The minimum Gasteiger partial charge on any atom is -0.382 e. The van der Waals surface area contributed by atoms with Gasteiger partial charge in [0.1, 0.15) is 34.8 Å². The number of rotatable bonds is 8. The summed E-state index contributed by atoms with van der Waals surface area (Å²) >= 11 is 6.23. The van der Waals surface area contributed by atoms with E-state index in [0.29, 0.717) is 30.1 Å². The first-order chi connectivity index (χ1) is 21.5. The maximum atomic E-state index is 16.8. The van der Waals surface area contributed by atoms with E-state index in [0.717, 1.165) is 6.07 Å². The lowest BCUT2D eigenvalue weighted by Gasteiger charge is -2.44. The highest BCUT2D eigenvalue weighted by molar-refractivity contribution is 6.30. The minimum absolute atomic E-state index is 0.0136. The lowest BCUT2D eigenvalue weighted by atomic mass is 9.71. The number of ketones is 1. The average Bonchev–Trinajstić information content (AvgIpc) is 3.56. The zero-order valence-electron chi connectivity index (χ0n) is 24.7. The van der Waals surface area contributed by atoms with E-state index in [9.17, 15) is 20.0 Å². The Labute approximate surface area is 264 Å². The summed E-state index contributed by atoms with van der Waals surface area (Å²) in [6, 6.07) is 10.8. The zero-order valence-corrected chi connectivity index (χ0v) is 25.4. The summed E-state index contributed by atoms with van der Waals surface area (Å²) in [6.07, 6.45) is 2.68. The van der Waals surface area contributed by atoms with Gasteiger partial charge in [0.25, 0.3) is 5.91 Å². The number of amides is 1. The Bertz CT molecular complexity index is 1680. The van der Waals surface area contributed by atoms with Crippen molar-refractivity contribution in [1.29, 1.82) is 5.26 Å². The van der Waals surface area contributed by atoms with Gasteiger partial charge < -0.3 is 15.2 Å². The molecule has 3 aliphatic rings. The number of ether oxygens (including phenoxy) is 1. The number of halogens is 3. The van der Waals surface area contributed by atoms with Crippen molar-refractivity contribution in [2.45, 2.75) is 75.1 Å². The van der Waals surface area contributed by atoms with Crippen molar-refractivity contribution in [3.8, 4) is 6.07 Å². The van der Waals surface area contributed by atoms with Gasteiger partial charge in [-0.3, -0.25) is 14.5 Å². The van der Waals surface area contributed by atoms with Crippen LogP contribution in [-0.2, 0) is 27.4 Å². The van der Waals surface area contributed by atoms with Gasteiger partial charge in [-0.05, 0) is 68.6 Å². The number of carbonyl (C=O) groups is 2. The summed E-state index contributed by atoms with van der Waals surface area (Å²) in [5.74, 6) is -1.39. The van der Waals surface area contributed by atoms with E-state index >= 15 is 8.78 Å². The Kier molecular flexibility index (Phi) is 8.20. The molecule has 1 saturated carbocycles. The molecule has 0 bridgehead atoms. The van der Waals surface area contributed by atoms with E-state index < -0.39 is 34.8 Å². The molecule has 6 rings (SSSR count). The summed E-state index contributed by atoms with van der Waals surface area (Å²) < 4.78 is 40.0. The van der Waals surface area contributed by atoms with E-state index in [1.165, 1.54) is 23.4 Å². The number of nitriles is 1. The van der Waals surface area contributed by atoms with Crippen molar-refractivity contribution in [3.63, 3.8) is 0 Å². The van der Waals surface area contributed by atoms with Crippen molar-refractivity contribution >= 4 is 23.3 Å². The molecule has 12 heteroatoms. The van der Waals surface area contributed by atoms with Crippen molar-refractivity contribution in [2.75, 3.05) is 13.1 Å². The van der Waals surface area contributed by atoms with Crippen LogP contribution in [0.3, 0.4) is 0 Å². The molecule has 2 aromatic carbocycles. The van der Waals surface area contributed by atoms with E-state index in [2.05, 4.69) is 15.3 Å². The number of fused-ring (bicyclic) bond motifs is 1. The van der Waals surface area contributed by atoms with Crippen LogP contribution in [0, 0.1) is 17.1 Å². The number of piperidine rings is 1. The second-order valence-corrected chi connectivity index (χ2v) is 12.3. The smallest absolute Gasteiger partial charge is 0.257 e. The fourth-order valence-electron chi connectivity index (χ4n) is 6.91. The summed E-state index contributed by atoms with van der Waals surface area (Å²) in [5, 5.41) is 24.6. The zero-order chi connectivity index (χ0) is 32.0. The fraction of sp³-hybridized carbons (Fsp3) is 0.424. The van der Waals surface area contributed by atoms with Crippen molar-refractivity contribution < 1.29 is 28.2 Å². The van der Waals surface area contributed by atoms with Crippen LogP contribution in [0.2, 0.25) is 5.02 Å². The monoisotopic (exact) mass is 635 g/mol. The molecule has 0 unspecified atom stereocenters. The Morgan fingerprint density at radius 1 is 1.20 bits per heavy atom. The maximum absolute atomic E-state index is 16.8. The van der Waals surface area contributed by atoms with E-state index in [-0.39, 0.29) is 72.5 Å². The third-order valence-electron chi connectivity index (χ3n) is 9.32. The lowest BCUT2D eigenvalue weighted by Crippen LogP contribution is -2.54. The first kappa shape index (κ1) is 31.2. The van der Waals surface area contributed by atoms with Crippen LogP contribution >= 0.6 is 11.6 Å². The average molecular weight is 636 g/mol. The number of nitrogens with zero attached hydrogens (tertiary/aromatic N) is 4. The minimum atomic E-state index is -2.07. The normalized spacial score (nSPS) is 23.9. The molecule has 45 heavy (non-hydrogen) atoms. The van der Waals surface area contributed by atoms with Crippen molar-refractivity contribution in [2.24, 2.45) is 0 Å². The van der Waals surface area contributed by atoms with Gasteiger partial charge >= 0.3 is 0 Å². The molecule has 3 aromatic rings. The van der Waals surface area contributed by atoms with Gasteiger partial charge in [-0.2, -0.15) is 5.26 Å². The molecule has 2 fully saturated rings. The molecular formula is C33H32ClF2N5O4. The molecule has 1 saturated heterocycles. The summed E-state index contributed by atoms with van der Waals surface area (Å²) in [4.78, 5) is 36.6. The van der Waals surface area contributed by atoms with Gasteiger partial charge in [0.15, 0.2) is 0 Å². The second-order valence-electron chi connectivity index (χ2n) is 11.9. The molecule has 1 aromatic heterocycles. The van der Waals surface area contributed by atoms with Gasteiger partial charge in [0, 0.05) is 35.8 Å². The van der Waals surface area contributed by atoms with E-state index in [1.807, 2.05) is 6.07 Å². The van der Waals surface area contributed by atoms with Crippen LogP contribution in [0.4, 0.5) is 8.78 Å². The van der Waals surface area contributed by atoms with Crippen LogP contribution in [0.1, 0.15) is 83.9 Å². The number of aromatic nitrogens is 2. The fourth-order valence-corrected chi connectivity index (χ4v) is 7.03. The molecule has 2 N–H and O–H groups in total. The van der Waals surface area contributed by atoms with Crippen LogP contribution in [0.15, 0.2) is 48.8 Å². The predicted octanol–water partition coefficient (Wildman–Crippen LogP) is 4.83. The van der Waals surface area contributed by atoms with E-state index in [1.54, 1.807) is 31.2 Å². The quantitative estimate of drug-likeness (QED) is 0.360. The Hall–Kier alpha value is -3.82. The molecule has 3 atom stereocenters. The number of hydrogen-bond acceptors (Lipinski definition) is 8. The van der Waals surface area contributed by atoms with Crippen LogP contribution in [-0.4, -0.2) is 56.5 Å². The Morgan fingerprint density at radius 2 is 1.89 bits per heavy atom. The molecular weight excluding hydrogens is 604 g/mol. The third kappa shape index (κ3) is 5.20. The summed E-state index contributed by atoms with van der Waals surface area (Å²) in [7, 11) is 0. The van der Waals surface area contributed by atoms with Gasteiger partial charge in [-0.25, -0.2) is 18.7 Å². The number of benzene rings is 2. The van der Waals surface area contributed by atoms with Crippen LogP contribution < -0.4 is 5.32 Å². The van der Waals surface area contributed by atoms with Gasteiger partial charge in [-0.15, -0.1) is 0 Å². The Balaban J connectivity index is 1.57. The topological polar surface area (TPSA) is 128 Å². The number of alkyl halides is 1. The molecule has 1 aliphatic carbocycles. The van der Waals surface area contributed by atoms with Gasteiger partial charge in [-0.1, -0.05) is 30.7 Å². The number of hydrogen-bond donors (Lipinski definition) is 2. The van der Waals surface area contributed by atoms with Crippen LogP contribution in [0.5, 0.6) is 0 Å². The number of carbonyl (C=O) groups excluding carboxylic acids is 2. The highest BCUT2D eigenvalue weighted by atomic mass is 35.5. The highest BCUT2D eigenvalue weighted by Gasteiger charge is 2.58. The first-order valence-corrected chi connectivity index (χ1v) is 15.4. The SMILES string of the molecule is CC[C@](O)(c1cc(F)c2c(c1)C(=O)N(Cc1ncc(C#N)cn1)[C@@]2(O[C@H]1CCC(=O)C1)c1ccc(Cl)cc1)C1(F)CCNCC1. The second kappa shape index (κ2) is 11.8.